The third-order valence-corrected chi connectivity index (χ3v) is 9.19. The van der Waals surface area contributed by atoms with Gasteiger partial charge in [0, 0.05) is 47.9 Å². The van der Waals surface area contributed by atoms with E-state index < -0.39 is 6.43 Å². The molecule has 0 aliphatic carbocycles. The standard InChI is InChI=1S/C35H40F2N4O2S/c1-6-23-9-8-10-24(7-2)31(23)41-29(19-21(3)4)27(34(42)40-17-15-38-16-18-40)20-28(35(41)43)33-39-30(22(5)44-33)25-11-13-26(14-12-25)32(36)37/h8-14,20-21,32,38H,6-7,15-19H2,1-5H3. The lowest BCUT2D eigenvalue weighted by molar-refractivity contribution is 0.0733. The zero-order valence-electron chi connectivity index (χ0n) is 26.0. The number of nitrogens with zero attached hydrogens (tertiary/aromatic N) is 3. The summed E-state index contributed by atoms with van der Waals surface area (Å²) in [7, 11) is 0. The molecule has 4 aromatic rings. The van der Waals surface area contributed by atoms with Crippen LogP contribution in [0.5, 0.6) is 0 Å². The van der Waals surface area contributed by atoms with Gasteiger partial charge in [0.25, 0.3) is 17.9 Å². The molecule has 2 aromatic heterocycles. The Balaban J connectivity index is 1.79. The molecular formula is C35H40F2N4O2S. The van der Waals surface area contributed by atoms with Gasteiger partial charge in [0.1, 0.15) is 5.01 Å². The van der Waals surface area contributed by atoms with Crippen LogP contribution in [-0.2, 0) is 19.3 Å². The van der Waals surface area contributed by atoms with Crippen LogP contribution in [0, 0.1) is 12.8 Å². The molecule has 1 saturated heterocycles. The molecule has 0 bridgehead atoms. The monoisotopic (exact) mass is 618 g/mol. The van der Waals surface area contributed by atoms with Crippen molar-refractivity contribution < 1.29 is 13.6 Å². The van der Waals surface area contributed by atoms with Gasteiger partial charge < -0.3 is 10.2 Å². The number of carbonyl (C=O) groups excluding carboxylic acids is 1. The lowest BCUT2D eigenvalue weighted by Gasteiger charge is -2.30. The van der Waals surface area contributed by atoms with Crippen molar-refractivity contribution in [3.05, 3.63) is 91.7 Å². The van der Waals surface area contributed by atoms with Gasteiger partial charge in [-0.15, -0.1) is 11.3 Å². The maximum absolute atomic E-state index is 14.7. The number of hydrogen-bond donors (Lipinski definition) is 1. The largest absolute Gasteiger partial charge is 0.336 e. The van der Waals surface area contributed by atoms with Gasteiger partial charge in [0.2, 0.25) is 0 Å². The first kappa shape index (κ1) is 31.7. The van der Waals surface area contributed by atoms with Crippen molar-refractivity contribution in [3.8, 4) is 27.5 Å². The van der Waals surface area contributed by atoms with Crippen molar-refractivity contribution >= 4 is 17.2 Å². The van der Waals surface area contributed by atoms with E-state index in [1.54, 1.807) is 22.8 Å². The normalized spacial score (nSPS) is 13.7. The van der Waals surface area contributed by atoms with E-state index in [4.69, 9.17) is 4.98 Å². The highest BCUT2D eigenvalue weighted by Gasteiger charge is 2.29. The minimum absolute atomic E-state index is 0.0529. The zero-order chi connectivity index (χ0) is 31.5. The van der Waals surface area contributed by atoms with Crippen LogP contribution in [0.4, 0.5) is 8.78 Å². The highest BCUT2D eigenvalue weighted by molar-refractivity contribution is 7.15. The van der Waals surface area contributed by atoms with Gasteiger partial charge in [-0.05, 0) is 49.3 Å². The quantitative estimate of drug-likeness (QED) is 0.215. The number of para-hydroxylation sites is 1. The molecule has 1 N–H and O–H groups in total. The lowest BCUT2D eigenvalue weighted by atomic mass is 9.97. The summed E-state index contributed by atoms with van der Waals surface area (Å²) < 4.78 is 28.2. The fourth-order valence-corrected chi connectivity index (χ4v) is 6.87. The summed E-state index contributed by atoms with van der Waals surface area (Å²) >= 11 is 1.38. The number of pyridine rings is 1. The fraction of sp³-hybridized carbons (Fsp3) is 0.400. The van der Waals surface area contributed by atoms with Gasteiger partial charge in [-0.25, -0.2) is 13.8 Å². The Morgan fingerprint density at radius 2 is 1.66 bits per heavy atom. The third-order valence-electron chi connectivity index (χ3n) is 8.19. The first-order valence-electron chi connectivity index (χ1n) is 15.4. The number of aryl methyl sites for hydroxylation is 3. The number of rotatable bonds is 9. The van der Waals surface area contributed by atoms with Gasteiger partial charge in [0.15, 0.2) is 0 Å². The third kappa shape index (κ3) is 6.26. The molecule has 0 radical (unpaired) electrons. The van der Waals surface area contributed by atoms with E-state index >= 15 is 0 Å². The Hall–Kier alpha value is -3.69. The Morgan fingerprint density at radius 3 is 2.23 bits per heavy atom. The number of alkyl halides is 2. The van der Waals surface area contributed by atoms with Crippen LogP contribution in [0.2, 0.25) is 0 Å². The highest BCUT2D eigenvalue weighted by atomic mass is 32.1. The van der Waals surface area contributed by atoms with Crippen LogP contribution in [-0.4, -0.2) is 46.5 Å². The van der Waals surface area contributed by atoms with E-state index in [1.807, 2.05) is 17.9 Å². The molecule has 0 atom stereocenters. The number of thiazole rings is 1. The van der Waals surface area contributed by atoms with Crippen molar-refractivity contribution in [2.45, 2.75) is 60.3 Å². The van der Waals surface area contributed by atoms with Gasteiger partial charge in [0.05, 0.1) is 22.5 Å². The second-order valence-corrected chi connectivity index (χ2v) is 12.9. The number of nitrogens with one attached hydrogen (secondary N) is 1. The molecule has 2 aromatic carbocycles. The molecule has 1 aliphatic heterocycles. The van der Waals surface area contributed by atoms with Crippen molar-refractivity contribution in [1.82, 2.24) is 19.8 Å². The Morgan fingerprint density at radius 1 is 1.02 bits per heavy atom. The molecule has 232 valence electrons. The van der Waals surface area contributed by atoms with Gasteiger partial charge >= 0.3 is 0 Å². The summed E-state index contributed by atoms with van der Waals surface area (Å²) in [5, 5.41) is 3.82. The van der Waals surface area contributed by atoms with Crippen molar-refractivity contribution in [2.75, 3.05) is 26.2 Å². The predicted molar refractivity (Wildman–Crippen MR) is 174 cm³/mol. The van der Waals surface area contributed by atoms with E-state index in [-0.39, 0.29) is 22.9 Å². The first-order chi connectivity index (χ1) is 21.1. The average Bonchev–Trinajstić information content (AvgIpc) is 3.41. The van der Waals surface area contributed by atoms with Crippen molar-refractivity contribution in [3.63, 3.8) is 0 Å². The number of amides is 1. The van der Waals surface area contributed by atoms with Crippen LogP contribution in [0.15, 0.2) is 53.3 Å². The molecule has 1 fully saturated rings. The molecule has 44 heavy (non-hydrogen) atoms. The predicted octanol–water partition coefficient (Wildman–Crippen LogP) is 7.24. The summed E-state index contributed by atoms with van der Waals surface area (Å²) in [5.41, 5.74) is 5.65. The lowest BCUT2D eigenvalue weighted by Crippen LogP contribution is -2.47. The van der Waals surface area contributed by atoms with Gasteiger partial charge in [-0.3, -0.25) is 14.2 Å². The smallest absolute Gasteiger partial charge is 0.265 e. The van der Waals surface area contributed by atoms with Crippen LogP contribution in [0.25, 0.3) is 27.5 Å². The summed E-state index contributed by atoms with van der Waals surface area (Å²) in [5.74, 6) is 0.116. The molecule has 1 amide bonds. The number of benzene rings is 2. The molecule has 0 spiro atoms. The minimum atomic E-state index is -2.55. The van der Waals surface area contributed by atoms with Crippen LogP contribution in [0.1, 0.15) is 71.7 Å². The minimum Gasteiger partial charge on any atom is -0.336 e. The molecule has 3 heterocycles. The zero-order valence-corrected chi connectivity index (χ0v) is 26.9. The number of carbonyl (C=O) groups is 1. The van der Waals surface area contributed by atoms with Crippen LogP contribution < -0.4 is 10.9 Å². The second-order valence-electron chi connectivity index (χ2n) is 11.7. The van der Waals surface area contributed by atoms with E-state index in [1.165, 1.54) is 23.5 Å². The topological polar surface area (TPSA) is 67.2 Å². The fourth-order valence-electron chi connectivity index (χ4n) is 5.92. The molecule has 1 aliphatic rings. The summed E-state index contributed by atoms with van der Waals surface area (Å²) in [6, 6.07) is 14.0. The van der Waals surface area contributed by atoms with E-state index in [9.17, 15) is 18.4 Å². The molecule has 5 rings (SSSR count). The average molecular weight is 619 g/mol. The van der Waals surface area contributed by atoms with Crippen LogP contribution >= 0.6 is 11.3 Å². The maximum atomic E-state index is 14.7. The maximum Gasteiger partial charge on any atom is 0.265 e. The summed E-state index contributed by atoms with van der Waals surface area (Å²) in [6.45, 7) is 12.9. The summed E-state index contributed by atoms with van der Waals surface area (Å²) in [6.07, 6.45) is -0.527. The molecular weight excluding hydrogens is 578 g/mol. The number of halogens is 2. The van der Waals surface area contributed by atoms with Crippen molar-refractivity contribution in [2.24, 2.45) is 5.92 Å². The molecule has 0 unspecified atom stereocenters. The summed E-state index contributed by atoms with van der Waals surface area (Å²) in [4.78, 5) is 36.6. The number of aromatic nitrogens is 2. The number of piperazine rings is 1. The highest BCUT2D eigenvalue weighted by Crippen LogP contribution is 2.35. The second kappa shape index (κ2) is 13.5. The Kier molecular flexibility index (Phi) is 9.75. The Labute approximate surface area is 261 Å². The van der Waals surface area contributed by atoms with Gasteiger partial charge in [-0.1, -0.05) is 70.2 Å². The van der Waals surface area contributed by atoms with Gasteiger partial charge in [-0.2, -0.15) is 0 Å². The number of hydrogen-bond acceptors (Lipinski definition) is 5. The van der Waals surface area contributed by atoms with E-state index in [0.717, 1.165) is 53.3 Å². The van der Waals surface area contributed by atoms with E-state index in [2.05, 4.69) is 45.1 Å². The first-order valence-corrected chi connectivity index (χ1v) is 16.2. The molecule has 0 saturated carbocycles. The Bertz CT molecular complexity index is 1680. The molecule has 6 nitrogen and oxygen atoms in total. The van der Waals surface area contributed by atoms with E-state index in [0.29, 0.717) is 46.9 Å². The van der Waals surface area contributed by atoms with Crippen LogP contribution in [0.3, 0.4) is 0 Å². The molecule has 9 heteroatoms. The SMILES string of the molecule is CCc1cccc(CC)c1-n1c(CC(C)C)c(C(=O)N2CCNCC2)cc(-c2nc(-c3ccc(C(F)F)cc3)c(C)s2)c1=O. The van der Waals surface area contributed by atoms with Crippen molar-refractivity contribution in [1.29, 1.82) is 0 Å².